The molecule has 2 N–H and O–H groups in total. The van der Waals surface area contributed by atoms with Crippen LogP contribution in [0, 0.1) is 6.92 Å². The van der Waals surface area contributed by atoms with Gasteiger partial charge in [0.05, 0.1) is 0 Å². The van der Waals surface area contributed by atoms with Crippen molar-refractivity contribution in [3.05, 3.63) is 53.9 Å². The molecule has 0 saturated carbocycles. The normalized spacial score (nSPS) is 10.1. The zero-order chi connectivity index (χ0) is 14.4. The summed E-state index contributed by atoms with van der Waals surface area (Å²) in [5.74, 6) is -0.211. The Morgan fingerprint density at radius 2 is 2.20 bits per heavy atom. The van der Waals surface area contributed by atoms with E-state index in [0.717, 1.165) is 11.3 Å². The number of anilines is 1. The monoisotopic (exact) mass is 272 g/mol. The van der Waals surface area contributed by atoms with Crippen LogP contribution < -0.4 is 10.1 Å². The summed E-state index contributed by atoms with van der Waals surface area (Å²) in [5.41, 5.74) is 1.88. The summed E-state index contributed by atoms with van der Waals surface area (Å²) in [7, 11) is 0. The van der Waals surface area contributed by atoms with E-state index in [1.807, 2.05) is 31.2 Å². The highest BCUT2D eigenvalue weighted by molar-refractivity contribution is 5.86. The number of benzene rings is 1. The number of hydrogen-bond acceptors (Lipinski definition) is 4. The Morgan fingerprint density at radius 1 is 1.35 bits per heavy atom. The van der Waals surface area contributed by atoms with E-state index in [0.29, 0.717) is 18.8 Å². The molecule has 0 saturated heterocycles. The molecule has 20 heavy (non-hydrogen) atoms. The number of carboxylic acid groups (broad SMARTS) is 1. The van der Waals surface area contributed by atoms with Gasteiger partial charge in [0.1, 0.15) is 18.1 Å². The van der Waals surface area contributed by atoms with Gasteiger partial charge in [0.25, 0.3) is 0 Å². The largest absolute Gasteiger partial charge is 0.492 e. The van der Waals surface area contributed by atoms with E-state index in [4.69, 9.17) is 9.84 Å². The third-order valence-corrected chi connectivity index (χ3v) is 2.67. The van der Waals surface area contributed by atoms with Crippen LogP contribution in [0.25, 0.3) is 0 Å². The first kappa shape index (κ1) is 13.9. The molecular formula is C15H16N2O3. The molecule has 5 heteroatoms. The van der Waals surface area contributed by atoms with Crippen LogP contribution in [-0.2, 0) is 0 Å². The number of carbonyl (C=O) groups is 1. The Balaban J connectivity index is 1.81. The van der Waals surface area contributed by atoms with Gasteiger partial charge in [-0.05, 0) is 36.8 Å². The number of aromatic nitrogens is 1. The molecule has 0 amide bonds. The molecule has 5 nitrogen and oxygen atoms in total. The summed E-state index contributed by atoms with van der Waals surface area (Å²) < 4.78 is 5.59. The number of ether oxygens (including phenoxy) is 1. The number of hydrogen-bond donors (Lipinski definition) is 2. The second kappa shape index (κ2) is 6.56. The first-order chi connectivity index (χ1) is 9.65. The predicted molar refractivity (Wildman–Crippen MR) is 76.4 cm³/mol. The van der Waals surface area contributed by atoms with Crippen LogP contribution in [0.1, 0.15) is 16.1 Å². The summed E-state index contributed by atoms with van der Waals surface area (Å²) in [4.78, 5) is 14.5. The Labute approximate surface area is 117 Å². The Bertz CT molecular complexity index is 599. The van der Waals surface area contributed by atoms with E-state index in [2.05, 4.69) is 10.3 Å². The lowest BCUT2D eigenvalue weighted by molar-refractivity contribution is 0.0690. The van der Waals surface area contributed by atoms with Gasteiger partial charge in [-0.1, -0.05) is 12.1 Å². The van der Waals surface area contributed by atoms with Crippen molar-refractivity contribution in [2.24, 2.45) is 0 Å². The maximum absolute atomic E-state index is 10.8. The van der Waals surface area contributed by atoms with Gasteiger partial charge in [-0.15, -0.1) is 0 Å². The minimum Gasteiger partial charge on any atom is -0.492 e. The fraction of sp³-hybridized carbons (Fsp3) is 0.200. The first-order valence-electron chi connectivity index (χ1n) is 6.28. The fourth-order valence-electron chi connectivity index (χ4n) is 1.73. The van der Waals surface area contributed by atoms with Gasteiger partial charge >= 0.3 is 5.97 Å². The molecule has 2 aromatic rings. The molecule has 0 radical (unpaired) electrons. The fourth-order valence-corrected chi connectivity index (χ4v) is 1.73. The van der Waals surface area contributed by atoms with Crippen molar-refractivity contribution >= 4 is 11.7 Å². The van der Waals surface area contributed by atoms with Crippen LogP contribution in [-0.4, -0.2) is 29.2 Å². The number of rotatable bonds is 6. The standard InChI is InChI=1S/C15H16N2O3/c1-11-3-2-4-13(9-11)20-8-7-16-12-5-6-17-14(10-12)15(18)19/h2-6,9-10H,7-8H2,1H3,(H,16,17)(H,18,19). The van der Waals surface area contributed by atoms with Crippen molar-refractivity contribution < 1.29 is 14.6 Å². The molecule has 0 aliphatic carbocycles. The lowest BCUT2D eigenvalue weighted by Gasteiger charge is -2.09. The molecule has 0 aliphatic rings. The van der Waals surface area contributed by atoms with Crippen LogP contribution in [0.15, 0.2) is 42.6 Å². The maximum atomic E-state index is 10.8. The Hall–Kier alpha value is -2.56. The van der Waals surface area contributed by atoms with Crippen LogP contribution in [0.5, 0.6) is 5.75 Å². The smallest absolute Gasteiger partial charge is 0.354 e. The van der Waals surface area contributed by atoms with Crippen molar-refractivity contribution in [2.75, 3.05) is 18.5 Å². The van der Waals surface area contributed by atoms with Crippen LogP contribution in [0.4, 0.5) is 5.69 Å². The van der Waals surface area contributed by atoms with Gasteiger partial charge in [0.2, 0.25) is 0 Å². The van der Waals surface area contributed by atoms with Crippen molar-refractivity contribution in [3.8, 4) is 5.75 Å². The molecule has 0 atom stereocenters. The van der Waals surface area contributed by atoms with E-state index in [9.17, 15) is 4.79 Å². The highest BCUT2D eigenvalue weighted by Crippen LogP contribution is 2.12. The zero-order valence-electron chi connectivity index (χ0n) is 11.2. The van der Waals surface area contributed by atoms with Crippen LogP contribution in [0.3, 0.4) is 0 Å². The van der Waals surface area contributed by atoms with Crippen molar-refractivity contribution in [3.63, 3.8) is 0 Å². The number of pyridine rings is 1. The molecule has 1 aromatic heterocycles. The van der Waals surface area contributed by atoms with Crippen molar-refractivity contribution in [1.82, 2.24) is 4.98 Å². The molecule has 0 fully saturated rings. The van der Waals surface area contributed by atoms with E-state index in [-0.39, 0.29) is 5.69 Å². The second-order valence-corrected chi connectivity index (χ2v) is 4.33. The van der Waals surface area contributed by atoms with Gasteiger partial charge in [-0.2, -0.15) is 0 Å². The lowest BCUT2D eigenvalue weighted by Crippen LogP contribution is -2.12. The third-order valence-electron chi connectivity index (χ3n) is 2.67. The van der Waals surface area contributed by atoms with Crippen molar-refractivity contribution in [2.45, 2.75) is 6.92 Å². The third kappa shape index (κ3) is 3.98. The molecule has 2 rings (SSSR count). The van der Waals surface area contributed by atoms with Gasteiger partial charge in [0, 0.05) is 18.4 Å². The zero-order valence-corrected chi connectivity index (χ0v) is 11.2. The second-order valence-electron chi connectivity index (χ2n) is 4.33. The molecule has 104 valence electrons. The number of nitrogens with zero attached hydrogens (tertiary/aromatic N) is 1. The van der Waals surface area contributed by atoms with E-state index >= 15 is 0 Å². The topological polar surface area (TPSA) is 71.5 Å². The lowest BCUT2D eigenvalue weighted by atomic mass is 10.2. The molecule has 0 bridgehead atoms. The van der Waals surface area contributed by atoms with Gasteiger partial charge < -0.3 is 15.2 Å². The number of nitrogens with one attached hydrogen (secondary N) is 1. The molecule has 0 spiro atoms. The molecule has 1 aromatic carbocycles. The molecular weight excluding hydrogens is 256 g/mol. The van der Waals surface area contributed by atoms with Crippen LogP contribution >= 0.6 is 0 Å². The predicted octanol–water partition coefficient (Wildman–Crippen LogP) is 2.58. The minimum atomic E-state index is -1.04. The molecule has 0 aliphatic heterocycles. The summed E-state index contributed by atoms with van der Waals surface area (Å²) in [6.45, 7) is 3.08. The summed E-state index contributed by atoms with van der Waals surface area (Å²) in [6.07, 6.45) is 1.47. The minimum absolute atomic E-state index is 0.0228. The summed E-state index contributed by atoms with van der Waals surface area (Å²) >= 11 is 0. The van der Waals surface area contributed by atoms with Gasteiger partial charge in [0.15, 0.2) is 0 Å². The Kier molecular flexibility index (Phi) is 4.55. The van der Waals surface area contributed by atoms with Crippen molar-refractivity contribution in [1.29, 1.82) is 0 Å². The van der Waals surface area contributed by atoms with E-state index in [1.54, 1.807) is 6.07 Å². The van der Waals surface area contributed by atoms with E-state index < -0.39 is 5.97 Å². The Morgan fingerprint density at radius 3 is 2.95 bits per heavy atom. The molecule has 0 unspecified atom stereocenters. The van der Waals surface area contributed by atoms with Gasteiger partial charge in [-0.3, -0.25) is 0 Å². The van der Waals surface area contributed by atoms with E-state index in [1.165, 1.54) is 12.3 Å². The average Bonchev–Trinajstić information content (AvgIpc) is 2.44. The average molecular weight is 272 g/mol. The first-order valence-corrected chi connectivity index (χ1v) is 6.28. The summed E-state index contributed by atoms with van der Waals surface area (Å²) in [6, 6.07) is 11.0. The maximum Gasteiger partial charge on any atom is 0.354 e. The molecule has 1 heterocycles. The number of aryl methyl sites for hydroxylation is 1. The van der Waals surface area contributed by atoms with Crippen LogP contribution in [0.2, 0.25) is 0 Å². The highest BCUT2D eigenvalue weighted by Gasteiger charge is 2.04. The number of carboxylic acids is 1. The number of aromatic carboxylic acids is 1. The van der Waals surface area contributed by atoms with Gasteiger partial charge in [-0.25, -0.2) is 9.78 Å². The SMILES string of the molecule is Cc1cccc(OCCNc2ccnc(C(=O)O)c2)c1. The highest BCUT2D eigenvalue weighted by atomic mass is 16.5. The quantitative estimate of drug-likeness (QED) is 0.791. The summed E-state index contributed by atoms with van der Waals surface area (Å²) in [5, 5.41) is 11.9.